The molecule has 64 heavy (non-hydrogen) atoms. The van der Waals surface area contributed by atoms with Crippen LogP contribution in [0.2, 0.25) is 5.04 Å². The van der Waals surface area contributed by atoms with E-state index in [1.54, 1.807) is 7.11 Å². The van der Waals surface area contributed by atoms with Crippen molar-refractivity contribution < 1.29 is 37.6 Å². The first-order valence-corrected chi connectivity index (χ1v) is 25.4. The summed E-state index contributed by atoms with van der Waals surface area (Å²) in [6, 6.07) is 50.2. The lowest BCUT2D eigenvalue weighted by molar-refractivity contribution is -0.405. The summed E-state index contributed by atoms with van der Waals surface area (Å²) < 4.78 is 56.9. The maximum atomic E-state index is 7.69. The summed E-state index contributed by atoms with van der Waals surface area (Å²) in [6.45, 7) is 7.92. The quantitative estimate of drug-likeness (QED) is 0.0964. The average Bonchev–Trinajstić information content (AvgIpc) is 3.31. The van der Waals surface area contributed by atoms with Gasteiger partial charge >= 0.3 is 0 Å². The number of hydrogen-bond donors (Lipinski definition) is 0. The van der Waals surface area contributed by atoms with Crippen molar-refractivity contribution in [2.75, 3.05) is 13.7 Å². The lowest BCUT2D eigenvalue weighted by Gasteiger charge is -2.59. The summed E-state index contributed by atoms with van der Waals surface area (Å²) in [5.74, 6) is 2.83. The Morgan fingerprint density at radius 2 is 1.08 bits per heavy atom. The molecule has 2 saturated heterocycles. The molecule has 4 aliphatic carbocycles. The van der Waals surface area contributed by atoms with E-state index in [0.29, 0.717) is 31.0 Å². The Balaban J connectivity index is 1.06. The molecule has 2 aliphatic heterocycles. The number of benzene rings is 5. The Kier molecular flexibility index (Phi) is 12.7. The maximum absolute atomic E-state index is 7.69. The van der Waals surface area contributed by atoms with E-state index in [1.165, 1.54) is 29.6 Å². The minimum Gasteiger partial charge on any atom is -0.497 e. The van der Waals surface area contributed by atoms with E-state index >= 15 is 0 Å². The van der Waals surface area contributed by atoms with Crippen LogP contribution >= 0.6 is 0 Å². The summed E-state index contributed by atoms with van der Waals surface area (Å²) in [5, 5.41) is 2.16. The Morgan fingerprint density at radius 3 is 1.58 bits per heavy atom. The molecule has 0 amide bonds. The highest BCUT2D eigenvalue weighted by molar-refractivity contribution is 6.99. The zero-order valence-corrected chi connectivity index (χ0v) is 38.8. The van der Waals surface area contributed by atoms with Crippen molar-refractivity contribution in [3.8, 4) is 5.75 Å². The van der Waals surface area contributed by atoms with Crippen LogP contribution in [0.5, 0.6) is 5.75 Å². The van der Waals surface area contributed by atoms with Crippen molar-refractivity contribution in [1.82, 2.24) is 0 Å². The van der Waals surface area contributed by atoms with E-state index in [4.69, 9.17) is 37.6 Å². The van der Waals surface area contributed by atoms with E-state index < -0.39 is 51.4 Å². The first-order valence-electron chi connectivity index (χ1n) is 23.5. The van der Waals surface area contributed by atoms with E-state index in [-0.39, 0.29) is 17.2 Å². The van der Waals surface area contributed by atoms with Gasteiger partial charge in [-0.1, -0.05) is 154 Å². The predicted octanol–water partition coefficient (Wildman–Crippen LogP) is 9.94. The minimum atomic E-state index is -3.00. The molecule has 11 rings (SSSR count). The summed E-state index contributed by atoms with van der Waals surface area (Å²) in [4.78, 5) is 0. The first-order chi connectivity index (χ1) is 31.2. The topological polar surface area (TPSA) is 73.8 Å². The Bertz CT molecular complexity index is 2180. The fraction of sp³-hybridized carbons (Fsp3) is 0.455. The Hall–Kier alpha value is -4.16. The fourth-order valence-corrected chi connectivity index (χ4v) is 16.7. The molecule has 9 heteroatoms. The second-order valence-corrected chi connectivity index (χ2v) is 24.4. The van der Waals surface area contributed by atoms with Crippen molar-refractivity contribution in [2.45, 2.75) is 126 Å². The van der Waals surface area contributed by atoms with Crippen LogP contribution in [0.25, 0.3) is 0 Å². The van der Waals surface area contributed by atoms with Crippen LogP contribution < -0.4 is 15.1 Å². The van der Waals surface area contributed by atoms with Crippen molar-refractivity contribution in [1.29, 1.82) is 0 Å². The molecule has 6 fully saturated rings. The van der Waals surface area contributed by atoms with Gasteiger partial charge < -0.3 is 37.6 Å². The third-order valence-corrected chi connectivity index (χ3v) is 19.7. The van der Waals surface area contributed by atoms with E-state index in [2.05, 4.69) is 130 Å². The van der Waals surface area contributed by atoms with Gasteiger partial charge in [-0.3, -0.25) is 0 Å². The fourth-order valence-electron chi connectivity index (χ4n) is 12.1. The number of methoxy groups -OCH3 is 1. The molecule has 0 spiro atoms. The van der Waals surface area contributed by atoms with Gasteiger partial charge in [0.15, 0.2) is 12.6 Å². The molecular formula is C55H64O8Si. The summed E-state index contributed by atoms with van der Waals surface area (Å²) >= 11 is 0. The van der Waals surface area contributed by atoms with Gasteiger partial charge in [-0.25, -0.2) is 0 Å². The highest BCUT2D eigenvalue weighted by Gasteiger charge is 2.60. The molecule has 5 aromatic rings. The number of hydrogen-bond acceptors (Lipinski definition) is 8. The molecule has 7 atom stereocenters. The van der Waals surface area contributed by atoms with Crippen molar-refractivity contribution in [3.05, 3.63) is 162 Å². The third kappa shape index (κ3) is 8.91. The number of fused-ring (bicyclic) bond motifs is 1. The lowest BCUT2D eigenvalue weighted by atomic mass is 9.54. The minimum absolute atomic E-state index is 0.245. The van der Waals surface area contributed by atoms with E-state index in [9.17, 15) is 0 Å². The molecule has 0 aromatic heterocycles. The van der Waals surface area contributed by atoms with Gasteiger partial charge in [-0.15, -0.1) is 0 Å². The Labute approximate surface area is 380 Å². The Morgan fingerprint density at radius 1 is 0.578 bits per heavy atom. The average molecular weight is 881 g/mol. The van der Waals surface area contributed by atoms with Crippen LogP contribution in [-0.4, -0.2) is 64.4 Å². The normalized spacial score (nSPS) is 31.1. The standard InChI is InChI=1S/C55H64O8Si/c1-54(2,3)64(45-21-13-7-14-22-45,46-23-15-8-16-24-46)59-37-47-48-50(62-52(60-47)43-25-27-44(56-4)28-26-43)49(57-35-38-17-9-5-10-18-38)51(58-36-39-19-11-6-12-20-39)53(61-48)63-55-32-40-29-41(33-55)31-42(30-40)34-55/h5-28,40-42,47-53H,29-37H2,1-4H3/t40?,41?,42?,47-,48-,49+,50-,51+,52?,53+,55?/m1/s1. The molecule has 4 saturated carbocycles. The van der Waals surface area contributed by atoms with Crippen molar-refractivity contribution >= 4 is 18.7 Å². The zero-order valence-electron chi connectivity index (χ0n) is 37.8. The molecule has 0 radical (unpaired) electrons. The SMILES string of the molecule is COc1ccc(C2O[C@H]3[C@H](OCc4ccccc4)[C@H](OCc4ccccc4)[C@H](OC45CC6CC(CC(C6)C4)C5)O[C@@H]3[C@@H](CO[Si](c3ccccc3)(c3ccccc3)C(C)(C)C)O2)cc1. The van der Waals surface area contributed by atoms with Gasteiger partial charge in [0.2, 0.25) is 0 Å². The molecule has 0 N–H and O–H groups in total. The first kappa shape index (κ1) is 43.7. The van der Waals surface area contributed by atoms with Crippen LogP contribution in [0, 0.1) is 17.8 Å². The van der Waals surface area contributed by atoms with Crippen LogP contribution in [-0.2, 0) is 46.1 Å². The maximum Gasteiger partial charge on any atom is 0.261 e. The predicted molar refractivity (Wildman–Crippen MR) is 250 cm³/mol. The van der Waals surface area contributed by atoms with Crippen molar-refractivity contribution in [3.63, 3.8) is 0 Å². The van der Waals surface area contributed by atoms with Gasteiger partial charge in [0.1, 0.15) is 36.3 Å². The van der Waals surface area contributed by atoms with Gasteiger partial charge in [0.05, 0.1) is 32.5 Å². The summed E-state index contributed by atoms with van der Waals surface area (Å²) in [7, 11) is -1.32. The van der Waals surface area contributed by atoms with E-state index in [0.717, 1.165) is 41.7 Å². The molecule has 6 aliphatic rings. The van der Waals surface area contributed by atoms with Crippen LogP contribution in [0.4, 0.5) is 0 Å². The molecule has 4 bridgehead atoms. The van der Waals surface area contributed by atoms with Gasteiger partial charge in [0.25, 0.3) is 8.32 Å². The van der Waals surface area contributed by atoms with Crippen LogP contribution in [0.3, 0.4) is 0 Å². The van der Waals surface area contributed by atoms with Crippen LogP contribution in [0.1, 0.15) is 82.3 Å². The highest BCUT2D eigenvalue weighted by atomic mass is 28.4. The third-order valence-electron chi connectivity index (χ3n) is 14.7. The number of ether oxygens (including phenoxy) is 7. The van der Waals surface area contributed by atoms with Crippen LogP contribution in [0.15, 0.2) is 146 Å². The van der Waals surface area contributed by atoms with E-state index in [1.807, 2.05) is 36.4 Å². The largest absolute Gasteiger partial charge is 0.497 e. The summed E-state index contributed by atoms with van der Waals surface area (Å²) in [6.07, 6.45) is 2.66. The second kappa shape index (κ2) is 18.6. The van der Waals surface area contributed by atoms with Gasteiger partial charge in [-0.2, -0.15) is 0 Å². The molecule has 5 aromatic carbocycles. The molecular weight excluding hydrogens is 817 g/mol. The van der Waals surface area contributed by atoms with Gasteiger partial charge in [0, 0.05) is 5.56 Å². The summed E-state index contributed by atoms with van der Waals surface area (Å²) in [5.41, 5.74) is 2.73. The molecule has 2 heterocycles. The van der Waals surface area contributed by atoms with Gasteiger partial charge in [-0.05, 0) is 95.0 Å². The number of rotatable bonds is 15. The lowest BCUT2D eigenvalue weighted by Crippen LogP contribution is -2.70. The molecule has 8 nitrogen and oxygen atoms in total. The molecule has 1 unspecified atom stereocenters. The molecule has 336 valence electrons. The van der Waals surface area contributed by atoms with Crippen molar-refractivity contribution in [2.24, 2.45) is 17.8 Å². The second-order valence-electron chi connectivity index (χ2n) is 20.1. The zero-order chi connectivity index (χ0) is 43.7. The smallest absolute Gasteiger partial charge is 0.261 e. The monoisotopic (exact) mass is 880 g/mol. The highest BCUT2D eigenvalue weighted by Crippen LogP contribution is 2.58.